The lowest BCUT2D eigenvalue weighted by molar-refractivity contribution is -0.121. The summed E-state index contributed by atoms with van der Waals surface area (Å²) in [4.78, 5) is 24.9. The number of sulfonamides is 1. The van der Waals surface area contributed by atoms with Crippen LogP contribution in [0.1, 0.15) is 12.8 Å². The van der Waals surface area contributed by atoms with Crippen LogP contribution in [0.5, 0.6) is 0 Å². The molecule has 8 nitrogen and oxygen atoms in total. The van der Waals surface area contributed by atoms with Crippen molar-refractivity contribution in [1.29, 1.82) is 0 Å². The fourth-order valence-electron chi connectivity index (χ4n) is 2.53. The highest BCUT2D eigenvalue weighted by Gasteiger charge is 2.25. The van der Waals surface area contributed by atoms with Gasteiger partial charge in [-0.05, 0) is 25.0 Å². The lowest BCUT2D eigenvalue weighted by atomic mass is 10.1. The van der Waals surface area contributed by atoms with E-state index in [0.717, 1.165) is 0 Å². The second-order valence-electron chi connectivity index (χ2n) is 5.61. The summed E-state index contributed by atoms with van der Waals surface area (Å²) in [5.74, 6) is -0.377. The van der Waals surface area contributed by atoms with Crippen molar-refractivity contribution in [3.8, 4) is 0 Å². The van der Waals surface area contributed by atoms with Crippen molar-refractivity contribution in [2.75, 3.05) is 26.7 Å². The number of hydrogen-bond donors (Lipinski definition) is 3. The molecule has 24 heavy (non-hydrogen) atoms. The van der Waals surface area contributed by atoms with Gasteiger partial charge >= 0.3 is 6.03 Å². The molecule has 1 heterocycles. The minimum absolute atomic E-state index is 0.117. The molecule has 2 rings (SSSR count). The first-order valence-electron chi connectivity index (χ1n) is 7.72. The summed E-state index contributed by atoms with van der Waals surface area (Å²) in [6.45, 7) is 1.29. The predicted octanol–water partition coefficient (Wildman–Crippen LogP) is -0.115. The fourth-order valence-corrected chi connectivity index (χ4v) is 3.85. The summed E-state index contributed by atoms with van der Waals surface area (Å²) < 4.78 is 27.3. The number of piperidine rings is 1. The summed E-state index contributed by atoms with van der Waals surface area (Å²) in [5, 5.41) is 4.52. The second kappa shape index (κ2) is 8.22. The third-order valence-corrected chi connectivity index (χ3v) is 5.35. The van der Waals surface area contributed by atoms with Gasteiger partial charge in [0, 0.05) is 26.2 Å². The van der Waals surface area contributed by atoms with Gasteiger partial charge in [0.25, 0.3) is 0 Å². The molecule has 0 saturated carbocycles. The number of imide groups is 1. The van der Waals surface area contributed by atoms with Gasteiger partial charge in [-0.1, -0.05) is 18.2 Å². The van der Waals surface area contributed by atoms with Crippen molar-refractivity contribution in [2.45, 2.75) is 23.8 Å². The molecule has 0 radical (unpaired) electrons. The zero-order chi connectivity index (χ0) is 17.6. The first-order chi connectivity index (χ1) is 11.4. The van der Waals surface area contributed by atoms with Crippen molar-refractivity contribution < 1.29 is 18.0 Å². The molecule has 1 saturated heterocycles. The number of nitrogens with one attached hydrogen (secondary N) is 3. The van der Waals surface area contributed by atoms with Gasteiger partial charge in [0.05, 0.1) is 11.4 Å². The number of nitrogens with zero attached hydrogens (tertiary/aromatic N) is 1. The summed E-state index contributed by atoms with van der Waals surface area (Å²) in [5.41, 5.74) is 0. The number of amides is 3. The Morgan fingerprint density at radius 1 is 1.17 bits per heavy atom. The fraction of sp³-hybridized carbons (Fsp3) is 0.467. The number of likely N-dealkylation sites (tertiary alicyclic amines) is 1. The largest absolute Gasteiger partial charge is 0.341 e. The Labute approximate surface area is 141 Å². The lowest BCUT2D eigenvalue weighted by Gasteiger charge is -2.31. The molecule has 0 unspecified atom stereocenters. The van der Waals surface area contributed by atoms with Crippen LogP contribution in [0.15, 0.2) is 35.2 Å². The molecule has 3 amide bonds. The highest BCUT2D eigenvalue weighted by Crippen LogP contribution is 2.14. The molecule has 1 aliphatic heterocycles. The van der Waals surface area contributed by atoms with Gasteiger partial charge in [-0.15, -0.1) is 0 Å². The van der Waals surface area contributed by atoms with Crippen LogP contribution in [0.25, 0.3) is 0 Å². The lowest BCUT2D eigenvalue weighted by Crippen LogP contribution is -2.48. The van der Waals surface area contributed by atoms with E-state index in [1.54, 1.807) is 30.3 Å². The summed E-state index contributed by atoms with van der Waals surface area (Å²) in [6, 6.07) is 7.55. The van der Waals surface area contributed by atoms with Gasteiger partial charge in [-0.3, -0.25) is 15.0 Å². The Hall–Kier alpha value is -1.97. The number of carbonyl (C=O) groups excluding carboxylic acids is 2. The number of hydrogen-bond acceptors (Lipinski definition) is 5. The quantitative estimate of drug-likeness (QED) is 0.684. The van der Waals surface area contributed by atoms with E-state index in [-0.39, 0.29) is 23.4 Å². The Bertz CT molecular complexity index is 670. The average molecular weight is 354 g/mol. The van der Waals surface area contributed by atoms with Crippen LogP contribution in [-0.2, 0) is 14.8 Å². The predicted molar refractivity (Wildman–Crippen MR) is 88.8 cm³/mol. The number of benzene rings is 1. The molecular formula is C15H22N4O4S. The third-order valence-electron chi connectivity index (χ3n) is 3.81. The van der Waals surface area contributed by atoms with Crippen molar-refractivity contribution >= 4 is 22.0 Å². The maximum Gasteiger partial charge on any atom is 0.321 e. The maximum absolute atomic E-state index is 12.3. The summed E-state index contributed by atoms with van der Waals surface area (Å²) in [6.07, 6.45) is 1.22. The Morgan fingerprint density at radius 2 is 1.79 bits per heavy atom. The van der Waals surface area contributed by atoms with E-state index >= 15 is 0 Å². The second-order valence-corrected chi connectivity index (χ2v) is 7.33. The van der Waals surface area contributed by atoms with Crippen LogP contribution in [0.2, 0.25) is 0 Å². The molecule has 0 atom stereocenters. The highest BCUT2D eigenvalue weighted by atomic mass is 32.2. The van der Waals surface area contributed by atoms with Gasteiger partial charge in [0.1, 0.15) is 0 Å². The molecule has 0 aromatic heterocycles. The molecule has 0 aliphatic carbocycles. The molecule has 1 aliphatic rings. The van der Waals surface area contributed by atoms with E-state index < -0.39 is 16.1 Å². The van der Waals surface area contributed by atoms with Crippen molar-refractivity contribution in [1.82, 2.24) is 20.3 Å². The summed E-state index contributed by atoms with van der Waals surface area (Å²) in [7, 11) is -2.08. The average Bonchev–Trinajstić information content (AvgIpc) is 2.57. The molecule has 1 aromatic rings. The topological polar surface area (TPSA) is 108 Å². The first kappa shape index (κ1) is 18.4. The molecular weight excluding hydrogens is 332 g/mol. The third kappa shape index (κ3) is 5.29. The Balaban J connectivity index is 1.81. The van der Waals surface area contributed by atoms with Crippen molar-refractivity contribution in [3.63, 3.8) is 0 Å². The van der Waals surface area contributed by atoms with Crippen LogP contribution in [0.3, 0.4) is 0 Å². The zero-order valence-corrected chi connectivity index (χ0v) is 14.3. The van der Waals surface area contributed by atoms with E-state index in [4.69, 9.17) is 0 Å². The Morgan fingerprint density at radius 3 is 2.38 bits per heavy atom. The van der Waals surface area contributed by atoms with Gasteiger partial charge in [-0.25, -0.2) is 17.9 Å². The first-order valence-corrected chi connectivity index (χ1v) is 9.20. The molecule has 3 N–H and O–H groups in total. The van der Waals surface area contributed by atoms with E-state index in [2.05, 4.69) is 15.4 Å². The number of carbonyl (C=O) groups is 2. The van der Waals surface area contributed by atoms with Gasteiger partial charge in [-0.2, -0.15) is 0 Å². The van der Waals surface area contributed by atoms with Gasteiger partial charge in [0.2, 0.25) is 15.9 Å². The normalized spacial score (nSPS) is 16.5. The monoisotopic (exact) mass is 354 g/mol. The van der Waals surface area contributed by atoms with Crippen LogP contribution in [0, 0.1) is 0 Å². The van der Waals surface area contributed by atoms with Crippen molar-refractivity contribution in [3.05, 3.63) is 30.3 Å². The van der Waals surface area contributed by atoms with Crippen LogP contribution < -0.4 is 15.4 Å². The van der Waals surface area contributed by atoms with Crippen LogP contribution >= 0.6 is 0 Å². The minimum Gasteiger partial charge on any atom is -0.341 e. The van der Waals surface area contributed by atoms with E-state index in [1.165, 1.54) is 7.05 Å². The van der Waals surface area contributed by atoms with Gasteiger partial charge < -0.3 is 5.32 Å². The van der Waals surface area contributed by atoms with Crippen LogP contribution in [-0.4, -0.2) is 58.0 Å². The van der Waals surface area contributed by atoms with Crippen molar-refractivity contribution in [2.24, 2.45) is 0 Å². The molecule has 1 fully saturated rings. The smallest absolute Gasteiger partial charge is 0.321 e. The molecule has 0 bridgehead atoms. The van der Waals surface area contributed by atoms with Gasteiger partial charge in [0.15, 0.2) is 0 Å². The molecule has 9 heteroatoms. The minimum atomic E-state index is -3.52. The molecule has 132 valence electrons. The zero-order valence-electron chi connectivity index (χ0n) is 13.5. The SMILES string of the molecule is CNC(=O)NC(=O)CN1CCC(NS(=O)(=O)c2ccccc2)CC1. The Kier molecular flexibility index (Phi) is 6.29. The highest BCUT2D eigenvalue weighted by molar-refractivity contribution is 7.89. The van der Waals surface area contributed by atoms with E-state index in [1.807, 2.05) is 4.90 Å². The molecule has 1 aromatic carbocycles. The van der Waals surface area contributed by atoms with E-state index in [9.17, 15) is 18.0 Å². The maximum atomic E-state index is 12.3. The van der Waals surface area contributed by atoms with Crippen LogP contribution in [0.4, 0.5) is 4.79 Å². The number of urea groups is 1. The standard InChI is InChI=1S/C15H22N4O4S/c1-16-15(21)17-14(20)11-19-9-7-12(8-10-19)18-24(22,23)13-5-3-2-4-6-13/h2-6,12,18H,7-11H2,1H3,(H2,16,17,20,21). The van der Waals surface area contributed by atoms with E-state index in [0.29, 0.717) is 25.9 Å². The number of rotatable bonds is 5. The summed E-state index contributed by atoms with van der Waals surface area (Å²) >= 11 is 0. The molecule has 0 spiro atoms.